The van der Waals surface area contributed by atoms with Crippen molar-refractivity contribution in [1.82, 2.24) is 9.80 Å². The van der Waals surface area contributed by atoms with Crippen molar-refractivity contribution in [3.63, 3.8) is 0 Å². The van der Waals surface area contributed by atoms with Crippen molar-refractivity contribution in [3.05, 3.63) is 35.9 Å². The molecule has 7 nitrogen and oxygen atoms in total. The first-order valence-electron chi connectivity index (χ1n) is 7.40. The van der Waals surface area contributed by atoms with Gasteiger partial charge in [-0.2, -0.15) is 0 Å². The Balaban J connectivity index is 2.25. The SMILES string of the molecule is CC(C)(C)OC(=O)C1CN(C(=O)OI)C(=O)N1Cc1ccccc1. The predicted molar refractivity (Wildman–Crippen MR) is 94.2 cm³/mol. The van der Waals surface area contributed by atoms with Crippen LogP contribution in [0.4, 0.5) is 9.59 Å². The Morgan fingerprint density at radius 3 is 2.42 bits per heavy atom. The topological polar surface area (TPSA) is 76.1 Å². The Labute approximate surface area is 154 Å². The number of carbonyl (C=O) groups excluding carboxylic acids is 3. The molecule has 1 aliphatic heterocycles. The van der Waals surface area contributed by atoms with Gasteiger partial charge in [-0.05, 0) is 26.3 Å². The fraction of sp³-hybridized carbons (Fsp3) is 0.438. The van der Waals surface area contributed by atoms with Gasteiger partial charge >= 0.3 is 18.1 Å². The van der Waals surface area contributed by atoms with Crippen LogP contribution in [0.25, 0.3) is 0 Å². The maximum atomic E-state index is 12.5. The summed E-state index contributed by atoms with van der Waals surface area (Å²) in [7, 11) is 0. The van der Waals surface area contributed by atoms with Crippen LogP contribution >= 0.6 is 23.0 Å². The van der Waals surface area contributed by atoms with E-state index in [0.717, 1.165) is 10.5 Å². The van der Waals surface area contributed by atoms with Crippen molar-refractivity contribution in [2.75, 3.05) is 6.54 Å². The van der Waals surface area contributed by atoms with Gasteiger partial charge in [0.15, 0.2) is 23.0 Å². The van der Waals surface area contributed by atoms with Crippen LogP contribution in [-0.4, -0.2) is 46.1 Å². The van der Waals surface area contributed by atoms with Crippen molar-refractivity contribution < 1.29 is 22.2 Å². The first-order chi connectivity index (χ1) is 11.2. The predicted octanol–water partition coefficient (Wildman–Crippen LogP) is 3.12. The van der Waals surface area contributed by atoms with E-state index in [4.69, 9.17) is 4.74 Å². The molecule has 1 saturated heterocycles. The fourth-order valence-corrected chi connectivity index (χ4v) is 2.60. The van der Waals surface area contributed by atoms with E-state index in [2.05, 4.69) is 3.07 Å². The summed E-state index contributed by atoms with van der Waals surface area (Å²) in [5.74, 6) is -0.546. The second kappa shape index (κ2) is 7.37. The number of rotatable bonds is 3. The van der Waals surface area contributed by atoms with E-state index >= 15 is 0 Å². The monoisotopic (exact) mass is 446 g/mol. The Morgan fingerprint density at radius 1 is 1.25 bits per heavy atom. The minimum atomic E-state index is -0.868. The van der Waals surface area contributed by atoms with Gasteiger partial charge in [-0.3, -0.25) is 0 Å². The first-order valence-corrected chi connectivity index (χ1v) is 8.28. The van der Waals surface area contributed by atoms with Gasteiger partial charge in [0.2, 0.25) is 0 Å². The molecule has 130 valence electrons. The van der Waals surface area contributed by atoms with E-state index < -0.39 is 29.7 Å². The van der Waals surface area contributed by atoms with E-state index in [1.54, 1.807) is 20.8 Å². The first kappa shape index (κ1) is 18.5. The normalized spacial score (nSPS) is 17.8. The van der Waals surface area contributed by atoms with Crippen LogP contribution in [0.1, 0.15) is 26.3 Å². The molecule has 2 rings (SSSR count). The van der Waals surface area contributed by atoms with E-state index in [1.165, 1.54) is 27.9 Å². The molecular formula is C16H19IN2O5. The molecule has 8 heteroatoms. The number of ether oxygens (including phenoxy) is 1. The minimum absolute atomic E-state index is 0.0948. The Bertz CT molecular complexity index is 629. The average Bonchev–Trinajstić information content (AvgIpc) is 2.83. The molecule has 0 aliphatic carbocycles. The standard InChI is InChI=1S/C16H19IN2O5/c1-16(2,3)23-13(20)12-10-19(15(22)24-17)14(21)18(12)9-11-7-5-4-6-8-11/h4-8,12H,9-10H2,1-3H3. The van der Waals surface area contributed by atoms with Crippen molar-refractivity contribution in [2.45, 2.75) is 39.0 Å². The lowest BCUT2D eigenvalue weighted by molar-refractivity contribution is -0.159. The molecule has 1 heterocycles. The lowest BCUT2D eigenvalue weighted by Crippen LogP contribution is -2.42. The Hall–Kier alpha value is -1.84. The molecule has 1 aromatic carbocycles. The fourth-order valence-electron chi connectivity index (χ4n) is 2.36. The largest absolute Gasteiger partial charge is 0.458 e. The third-order valence-electron chi connectivity index (χ3n) is 3.37. The van der Waals surface area contributed by atoms with Gasteiger partial charge in [-0.15, -0.1) is 0 Å². The van der Waals surface area contributed by atoms with Gasteiger partial charge in [-0.1, -0.05) is 30.3 Å². The molecule has 0 radical (unpaired) electrons. The van der Waals surface area contributed by atoms with Gasteiger partial charge in [0.05, 0.1) is 6.54 Å². The van der Waals surface area contributed by atoms with Gasteiger partial charge < -0.3 is 12.7 Å². The number of halogens is 1. The summed E-state index contributed by atoms with van der Waals surface area (Å²) in [4.78, 5) is 39.0. The summed E-state index contributed by atoms with van der Waals surface area (Å²) < 4.78 is 9.98. The second-order valence-corrected chi connectivity index (χ2v) is 6.84. The molecule has 0 aromatic heterocycles. The van der Waals surface area contributed by atoms with Crippen LogP contribution in [-0.2, 0) is 19.1 Å². The highest BCUT2D eigenvalue weighted by molar-refractivity contribution is 14.1. The molecule has 1 aliphatic rings. The maximum absolute atomic E-state index is 12.5. The molecule has 1 fully saturated rings. The van der Waals surface area contributed by atoms with Crippen LogP contribution < -0.4 is 0 Å². The summed E-state index contributed by atoms with van der Waals surface area (Å²) in [5.41, 5.74) is 0.166. The number of imide groups is 1. The van der Waals surface area contributed by atoms with Gasteiger partial charge in [-0.25, -0.2) is 19.3 Å². The highest BCUT2D eigenvalue weighted by Crippen LogP contribution is 2.23. The lowest BCUT2D eigenvalue weighted by Gasteiger charge is -2.26. The smallest absolute Gasteiger partial charge is 0.427 e. The van der Waals surface area contributed by atoms with E-state index in [0.29, 0.717) is 0 Å². The van der Waals surface area contributed by atoms with Crippen molar-refractivity contribution in [2.24, 2.45) is 0 Å². The molecule has 0 saturated carbocycles. The second-order valence-electron chi connectivity index (χ2n) is 6.40. The number of hydrogen-bond acceptors (Lipinski definition) is 5. The molecule has 1 unspecified atom stereocenters. The quantitative estimate of drug-likeness (QED) is 0.527. The summed E-state index contributed by atoms with van der Waals surface area (Å²) in [6.45, 7) is 5.36. The zero-order chi connectivity index (χ0) is 17.9. The number of nitrogens with zero attached hydrogens (tertiary/aromatic N) is 2. The van der Waals surface area contributed by atoms with E-state index in [1.807, 2.05) is 30.3 Å². The zero-order valence-corrected chi connectivity index (χ0v) is 15.8. The highest BCUT2D eigenvalue weighted by atomic mass is 127. The molecule has 24 heavy (non-hydrogen) atoms. The van der Waals surface area contributed by atoms with Gasteiger partial charge in [0, 0.05) is 6.54 Å². The highest BCUT2D eigenvalue weighted by Gasteiger charge is 2.46. The molecule has 0 N–H and O–H groups in total. The zero-order valence-electron chi connectivity index (χ0n) is 13.7. The van der Waals surface area contributed by atoms with Crippen molar-refractivity contribution in [3.8, 4) is 0 Å². The van der Waals surface area contributed by atoms with Crippen LogP contribution in [0.2, 0.25) is 0 Å². The number of urea groups is 1. The molecule has 3 amide bonds. The summed E-state index contributed by atoms with van der Waals surface area (Å²) in [6, 6.07) is 7.80. The molecular weight excluding hydrogens is 427 g/mol. The minimum Gasteiger partial charge on any atom is -0.458 e. The Morgan fingerprint density at radius 2 is 1.88 bits per heavy atom. The number of esters is 1. The third-order valence-corrected chi connectivity index (χ3v) is 3.75. The number of hydrogen-bond donors (Lipinski definition) is 0. The maximum Gasteiger partial charge on any atom is 0.427 e. The van der Waals surface area contributed by atoms with Crippen molar-refractivity contribution >= 4 is 41.1 Å². The van der Waals surface area contributed by atoms with E-state index in [-0.39, 0.29) is 13.1 Å². The molecule has 1 aromatic rings. The van der Waals surface area contributed by atoms with Crippen molar-refractivity contribution in [1.29, 1.82) is 0 Å². The molecule has 0 bridgehead atoms. The lowest BCUT2D eigenvalue weighted by atomic mass is 10.1. The number of carbonyl (C=O) groups is 3. The van der Waals surface area contributed by atoms with Gasteiger partial charge in [0.1, 0.15) is 11.6 Å². The van der Waals surface area contributed by atoms with Crippen LogP contribution in [0.5, 0.6) is 0 Å². The third kappa shape index (κ3) is 4.37. The van der Waals surface area contributed by atoms with Crippen LogP contribution in [0, 0.1) is 0 Å². The Kier molecular flexibility index (Phi) is 5.68. The van der Waals surface area contributed by atoms with Crippen LogP contribution in [0.3, 0.4) is 0 Å². The van der Waals surface area contributed by atoms with Crippen LogP contribution in [0.15, 0.2) is 30.3 Å². The van der Waals surface area contributed by atoms with E-state index in [9.17, 15) is 14.4 Å². The number of amides is 3. The summed E-state index contributed by atoms with van der Waals surface area (Å²) in [5, 5.41) is 0. The summed E-state index contributed by atoms with van der Waals surface area (Å²) in [6.07, 6.45) is -0.801. The summed E-state index contributed by atoms with van der Waals surface area (Å²) >= 11 is 1.41. The molecule has 0 spiro atoms. The number of benzene rings is 1. The average molecular weight is 446 g/mol. The van der Waals surface area contributed by atoms with Gasteiger partial charge in [0.25, 0.3) is 0 Å². The molecule has 1 atom stereocenters.